The summed E-state index contributed by atoms with van der Waals surface area (Å²) in [6, 6.07) is 2.08. The Balaban J connectivity index is 1.67. The highest BCUT2D eigenvalue weighted by Crippen LogP contribution is 2.41. The van der Waals surface area contributed by atoms with Gasteiger partial charge in [0.2, 0.25) is 0 Å². The topological polar surface area (TPSA) is 79.5 Å². The second kappa shape index (κ2) is 4.44. The van der Waals surface area contributed by atoms with Crippen LogP contribution in [0, 0.1) is 0 Å². The summed E-state index contributed by atoms with van der Waals surface area (Å²) in [7, 11) is 0. The van der Waals surface area contributed by atoms with E-state index in [0.29, 0.717) is 5.92 Å². The van der Waals surface area contributed by atoms with Gasteiger partial charge < -0.3 is 10.4 Å². The summed E-state index contributed by atoms with van der Waals surface area (Å²) in [5.74, 6) is 0.577. The Morgan fingerprint density at radius 1 is 1.48 bits per heavy atom. The Labute approximate surface area is 122 Å². The van der Waals surface area contributed by atoms with E-state index in [1.807, 2.05) is 10.7 Å². The zero-order chi connectivity index (χ0) is 14.4. The van der Waals surface area contributed by atoms with E-state index < -0.39 is 5.97 Å². The fraction of sp³-hybridized carbons (Fsp3) is 0.533. The van der Waals surface area contributed by atoms with Gasteiger partial charge in [0.25, 0.3) is 0 Å². The average molecular weight is 286 g/mol. The summed E-state index contributed by atoms with van der Waals surface area (Å²) in [6.07, 6.45) is 8.95. The van der Waals surface area contributed by atoms with Gasteiger partial charge in [0.05, 0.1) is 12.1 Å². The molecule has 2 N–H and O–H groups in total. The summed E-state index contributed by atoms with van der Waals surface area (Å²) < 4.78 is 1.84. The molecule has 0 amide bonds. The number of nitrogens with zero attached hydrogens (tertiary/aromatic N) is 3. The van der Waals surface area contributed by atoms with E-state index in [2.05, 4.69) is 21.5 Å². The Morgan fingerprint density at radius 3 is 2.90 bits per heavy atom. The van der Waals surface area contributed by atoms with Crippen LogP contribution >= 0.6 is 0 Å². The van der Waals surface area contributed by atoms with Crippen LogP contribution in [0.25, 0.3) is 5.52 Å². The van der Waals surface area contributed by atoms with Crippen molar-refractivity contribution in [3.05, 3.63) is 24.2 Å². The van der Waals surface area contributed by atoms with Crippen LogP contribution in [-0.4, -0.2) is 31.2 Å². The van der Waals surface area contributed by atoms with E-state index >= 15 is 0 Å². The van der Waals surface area contributed by atoms with Crippen molar-refractivity contribution in [2.24, 2.45) is 0 Å². The highest BCUT2D eigenvalue weighted by atomic mass is 16.4. The third-order valence-electron chi connectivity index (χ3n) is 4.59. The van der Waals surface area contributed by atoms with Gasteiger partial charge in [0.1, 0.15) is 5.52 Å². The van der Waals surface area contributed by atoms with Crippen LogP contribution in [0.4, 0.5) is 5.82 Å². The van der Waals surface area contributed by atoms with Gasteiger partial charge in [-0.1, -0.05) is 0 Å². The van der Waals surface area contributed by atoms with Crippen LogP contribution in [0.1, 0.15) is 50.1 Å². The third kappa shape index (κ3) is 2.24. The van der Waals surface area contributed by atoms with E-state index in [1.54, 1.807) is 6.20 Å². The number of fused-ring (bicyclic) bond motifs is 1. The quantitative estimate of drug-likeness (QED) is 0.882. The smallest absolute Gasteiger partial charge is 0.305 e. The third-order valence-corrected chi connectivity index (χ3v) is 4.59. The molecule has 0 aliphatic heterocycles. The molecular weight excluding hydrogens is 268 g/mol. The number of hydrogen-bond acceptors (Lipinski definition) is 4. The molecule has 0 spiro atoms. The molecule has 2 heterocycles. The molecule has 0 saturated heterocycles. The Hall–Kier alpha value is -2.11. The van der Waals surface area contributed by atoms with Crippen LogP contribution in [0.3, 0.4) is 0 Å². The molecule has 2 aromatic rings. The summed E-state index contributed by atoms with van der Waals surface area (Å²) in [5, 5.41) is 17.1. The van der Waals surface area contributed by atoms with Crippen LogP contribution in [0.5, 0.6) is 0 Å². The monoisotopic (exact) mass is 286 g/mol. The number of nitrogens with one attached hydrogen (secondary N) is 1. The average Bonchev–Trinajstić information content (AvgIpc) is 3.15. The van der Waals surface area contributed by atoms with Gasteiger partial charge in [-0.3, -0.25) is 4.79 Å². The summed E-state index contributed by atoms with van der Waals surface area (Å²) in [4.78, 5) is 15.5. The zero-order valence-corrected chi connectivity index (χ0v) is 11.7. The maximum Gasteiger partial charge on any atom is 0.305 e. The summed E-state index contributed by atoms with van der Waals surface area (Å²) >= 11 is 0. The van der Waals surface area contributed by atoms with Gasteiger partial charge in [-0.2, -0.15) is 5.10 Å². The molecule has 2 fully saturated rings. The fourth-order valence-electron chi connectivity index (χ4n) is 3.11. The normalized spacial score (nSPS) is 20.2. The zero-order valence-electron chi connectivity index (χ0n) is 11.7. The molecule has 2 aliphatic carbocycles. The Morgan fingerprint density at radius 2 is 2.29 bits per heavy atom. The molecule has 0 radical (unpaired) electrons. The van der Waals surface area contributed by atoms with Gasteiger partial charge in [0, 0.05) is 23.9 Å². The van der Waals surface area contributed by atoms with Crippen molar-refractivity contribution >= 4 is 17.3 Å². The van der Waals surface area contributed by atoms with E-state index in [9.17, 15) is 4.79 Å². The summed E-state index contributed by atoms with van der Waals surface area (Å²) in [5.41, 5.74) is 1.72. The lowest BCUT2D eigenvalue weighted by molar-refractivity contribution is -0.138. The first-order valence-corrected chi connectivity index (χ1v) is 7.50. The largest absolute Gasteiger partial charge is 0.481 e. The number of hydrogen-bond donors (Lipinski definition) is 2. The molecule has 4 rings (SSSR count). The molecule has 0 bridgehead atoms. The van der Waals surface area contributed by atoms with E-state index in [1.165, 1.54) is 12.8 Å². The molecule has 6 heteroatoms. The molecule has 0 atom stereocenters. The first-order valence-electron chi connectivity index (χ1n) is 7.50. The SMILES string of the molecule is O=C(O)CC1(Nc2nccn3nc(C4CC4)cc23)CCC1. The number of anilines is 1. The maximum atomic E-state index is 11.1. The summed E-state index contributed by atoms with van der Waals surface area (Å²) in [6.45, 7) is 0. The first kappa shape index (κ1) is 12.6. The van der Waals surface area contributed by atoms with Crippen molar-refractivity contribution in [1.29, 1.82) is 0 Å². The van der Waals surface area contributed by atoms with Crippen LogP contribution in [0.2, 0.25) is 0 Å². The van der Waals surface area contributed by atoms with Crippen molar-refractivity contribution in [3.8, 4) is 0 Å². The Bertz CT molecular complexity index is 701. The first-order chi connectivity index (χ1) is 10.2. The van der Waals surface area contributed by atoms with E-state index in [-0.39, 0.29) is 12.0 Å². The van der Waals surface area contributed by atoms with Crippen LogP contribution in [0.15, 0.2) is 18.5 Å². The lowest BCUT2D eigenvalue weighted by Crippen LogP contribution is -2.47. The lowest BCUT2D eigenvalue weighted by atomic mass is 9.74. The predicted molar refractivity (Wildman–Crippen MR) is 77.4 cm³/mol. The van der Waals surface area contributed by atoms with Gasteiger partial charge in [-0.25, -0.2) is 9.50 Å². The lowest BCUT2D eigenvalue weighted by Gasteiger charge is -2.41. The van der Waals surface area contributed by atoms with Gasteiger partial charge >= 0.3 is 5.97 Å². The molecule has 2 saturated carbocycles. The minimum atomic E-state index is -0.763. The second-order valence-corrected chi connectivity index (χ2v) is 6.28. The standard InChI is InChI=1S/C15H18N4O2/c20-13(21)9-15(4-1-5-15)17-14-12-8-11(10-2-3-10)18-19(12)7-6-16-14/h6-8,10H,1-5,9H2,(H,16,17)(H,20,21). The highest BCUT2D eigenvalue weighted by molar-refractivity contribution is 5.73. The van der Waals surface area contributed by atoms with Crippen LogP contribution < -0.4 is 5.32 Å². The number of carboxylic acid groups (broad SMARTS) is 1. The minimum absolute atomic E-state index is 0.138. The number of aromatic nitrogens is 3. The number of rotatable bonds is 5. The molecule has 2 aromatic heterocycles. The van der Waals surface area contributed by atoms with Crippen molar-refractivity contribution in [3.63, 3.8) is 0 Å². The predicted octanol–water partition coefficient (Wildman–Crippen LogP) is 2.42. The van der Waals surface area contributed by atoms with Gasteiger partial charge in [-0.15, -0.1) is 0 Å². The molecule has 21 heavy (non-hydrogen) atoms. The van der Waals surface area contributed by atoms with Crippen LogP contribution in [-0.2, 0) is 4.79 Å². The van der Waals surface area contributed by atoms with Crippen molar-refractivity contribution in [2.45, 2.75) is 50.0 Å². The Kier molecular flexibility index (Phi) is 2.67. The van der Waals surface area contributed by atoms with Crippen molar-refractivity contribution in [1.82, 2.24) is 14.6 Å². The molecule has 6 nitrogen and oxygen atoms in total. The molecule has 2 aliphatic rings. The number of carboxylic acids is 1. The minimum Gasteiger partial charge on any atom is -0.481 e. The highest BCUT2D eigenvalue weighted by Gasteiger charge is 2.39. The number of aliphatic carboxylic acids is 1. The molecule has 110 valence electrons. The second-order valence-electron chi connectivity index (χ2n) is 6.28. The van der Waals surface area contributed by atoms with E-state index in [0.717, 1.165) is 36.3 Å². The molecular formula is C15H18N4O2. The number of carbonyl (C=O) groups is 1. The van der Waals surface area contributed by atoms with Crippen molar-refractivity contribution in [2.75, 3.05) is 5.32 Å². The van der Waals surface area contributed by atoms with Crippen molar-refractivity contribution < 1.29 is 9.90 Å². The maximum absolute atomic E-state index is 11.1. The van der Waals surface area contributed by atoms with Gasteiger partial charge in [0.15, 0.2) is 5.82 Å². The molecule has 0 unspecified atom stereocenters. The molecule has 0 aromatic carbocycles. The fourth-order valence-corrected chi connectivity index (χ4v) is 3.11. The van der Waals surface area contributed by atoms with E-state index in [4.69, 9.17) is 5.11 Å². The van der Waals surface area contributed by atoms with Gasteiger partial charge in [-0.05, 0) is 38.2 Å².